The maximum atomic E-state index is 14.4. The Hall–Kier alpha value is -2.72. The van der Waals surface area contributed by atoms with Crippen LogP contribution in [0.2, 0.25) is 0 Å². The SMILES string of the molecule is CC(C)(C)[C@H](NC(=O)C1(F)CC1)C(=O)N1C[C@H]2[C@@H]([C@H]1C(=O)N[C@@H](C[C@@H]1CCNC1=O)C(N)=O)C2(C)C. The van der Waals surface area contributed by atoms with E-state index < -0.39 is 58.8 Å². The van der Waals surface area contributed by atoms with Gasteiger partial charge in [0.1, 0.15) is 18.1 Å². The molecule has 4 rings (SSSR count). The number of fused-ring (bicyclic) bond motifs is 1. The van der Waals surface area contributed by atoms with Gasteiger partial charge in [-0.25, -0.2) is 4.39 Å². The lowest BCUT2D eigenvalue weighted by molar-refractivity contribution is -0.146. The Morgan fingerprint density at radius 1 is 1.19 bits per heavy atom. The van der Waals surface area contributed by atoms with Crippen LogP contribution in [0.15, 0.2) is 0 Å². The fourth-order valence-electron chi connectivity index (χ4n) is 5.88. The second kappa shape index (κ2) is 8.69. The van der Waals surface area contributed by atoms with E-state index in [2.05, 4.69) is 16.0 Å². The van der Waals surface area contributed by atoms with Gasteiger partial charge in [0.05, 0.1) is 0 Å². The van der Waals surface area contributed by atoms with Gasteiger partial charge in [0.2, 0.25) is 23.6 Å². The molecule has 2 saturated heterocycles. The highest BCUT2D eigenvalue weighted by molar-refractivity contribution is 5.97. The predicted octanol–water partition coefficient (Wildman–Crippen LogP) is -0.00130. The molecule has 0 aromatic rings. The molecule has 10 nitrogen and oxygen atoms in total. The minimum Gasteiger partial charge on any atom is -0.368 e. The first kappa shape index (κ1) is 26.3. The third kappa shape index (κ3) is 4.68. The van der Waals surface area contributed by atoms with Crippen molar-refractivity contribution in [3.63, 3.8) is 0 Å². The summed E-state index contributed by atoms with van der Waals surface area (Å²) in [5.41, 5.74) is 2.72. The van der Waals surface area contributed by atoms with Crippen LogP contribution in [-0.4, -0.2) is 71.3 Å². The van der Waals surface area contributed by atoms with E-state index in [-0.39, 0.29) is 42.4 Å². The Bertz CT molecular complexity index is 988. The smallest absolute Gasteiger partial charge is 0.258 e. The Labute approximate surface area is 210 Å². The summed E-state index contributed by atoms with van der Waals surface area (Å²) in [6, 6.07) is -2.94. The maximum absolute atomic E-state index is 14.4. The zero-order valence-electron chi connectivity index (χ0n) is 21.7. The van der Waals surface area contributed by atoms with Gasteiger partial charge in [-0.05, 0) is 48.3 Å². The Morgan fingerprint density at radius 2 is 1.83 bits per heavy atom. The molecule has 2 aliphatic carbocycles. The van der Waals surface area contributed by atoms with Crippen LogP contribution < -0.4 is 21.7 Å². The third-order valence-electron chi connectivity index (χ3n) is 8.59. The Morgan fingerprint density at radius 3 is 2.33 bits per heavy atom. The van der Waals surface area contributed by atoms with Crippen molar-refractivity contribution < 1.29 is 28.4 Å². The van der Waals surface area contributed by atoms with Gasteiger partial charge in [-0.3, -0.25) is 24.0 Å². The van der Waals surface area contributed by atoms with Crippen LogP contribution in [0.1, 0.15) is 60.3 Å². The number of nitrogens with zero attached hydrogens (tertiary/aromatic N) is 1. The van der Waals surface area contributed by atoms with E-state index in [4.69, 9.17) is 5.73 Å². The van der Waals surface area contributed by atoms with Crippen LogP contribution in [0, 0.1) is 28.6 Å². The van der Waals surface area contributed by atoms with E-state index in [0.717, 1.165) is 0 Å². The number of halogens is 1. The minimum atomic E-state index is -1.93. The summed E-state index contributed by atoms with van der Waals surface area (Å²) in [5, 5.41) is 8.01. The lowest BCUT2D eigenvalue weighted by Gasteiger charge is -2.38. The first-order valence-electron chi connectivity index (χ1n) is 12.8. The molecule has 0 aromatic carbocycles. The molecule has 5 amide bonds. The van der Waals surface area contributed by atoms with Crippen molar-refractivity contribution in [1.82, 2.24) is 20.9 Å². The lowest BCUT2D eigenvalue weighted by atomic mass is 9.85. The third-order valence-corrected chi connectivity index (χ3v) is 8.59. The number of nitrogens with one attached hydrogen (secondary N) is 3. The molecule has 4 aliphatic rings. The number of piperidine rings is 1. The number of carbonyl (C=O) groups excluding carboxylic acids is 5. The number of primary amides is 1. The Kier molecular flexibility index (Phi) is 6.36. The number of hydrogen-bond donors (Lipinski definition) is 4. The molecule has 0 unspecified atom stereocenters. The highest BCUT2D eigenvalue weighted by Gasteiger charge is 2.70. The number of nitrogens with two attached hydrogens (primary N) is 1. The van der Waals surface area contributed by atoms with Gasteiger partial charge >= 0.3 is 0 Å². The maximum Gasteiger partial charge on any atom is 0.258 e. The molecule has 0 aromatic heterocycles. The highest BCUT2D eigenvalue weighted by Crippen LogP contribution is 2.65. The molecule has 0 radical (unpaired) electrons. The van der Waals surface area contributed by atoms with E-state index in [1.54, 1.807) is 20.8 Å². The summed E-state index contributed by atoms with van der Waals surface area (Å²) in [6.45, 7) is 10.2. The highest BCUT2D eigenvalue weighted by atomic mass is 19.1. The normalized spacial score (nSPS) is 31.1. The van der Waals surface area contributed by atoms with Gasteiger partial charge in [0, 0.05) is 19.0 Å². The van der Waals surface area contributed by atoms with Gasteiger partial charge in [-0.15, -0.1) is 0 Å². The monoisotopic (exact) mass is 507 g/mol. The molecule has 0 bridgehead atoms. The number of carbonyl (C=O) groups is 5. The van der Waals surface area contributed by atoms with E-state index >= 15 is 0 Å². The summed E-state index contributed by atoms with van der Waals surface area (Å²) in [5.74, 6) is -3.16. The number of amides is 5. The zero-order valence-corrected chi connectivity index (χ0v) is 21.7. The van der Waals surface area contributed by atoms with Gasteiger partial charge < -0.3 is 26.6 Å². The number of rotatable bonds is 8. The predicted molar refractivity (Wildman–Crippen MR) is 128 cm³/mol. The average Bonchev–Trinajstić information content (AvgIpc) is 3.45. The van der Waals surface area contributed by atoms with Gasteiger partial charge in [-0.1, -0.05) is 34.6 Å². The molecule has 0 spiro atoms. The molecule has 200 valence electrons. The first-order chi connectivity index (χ1) is 16.6. The Balaban J connectivity index is 1.53. The largest absolute Gasteiger partial charge is 0.368 e. The zero-order chi connectivity index (χ0) is 26.8. The second-order valence-corrected chi connectivity index (χ2v) is 12.6. The molecule has 6 atom stereocenters. The molecule has 2 saturated carbocycles. The second-order valence-electron chi connectivity index (χ2n) is 12.6. The summed E-state index contributed by atoms with van der Waals surface area (Å²) in [7, 11) is 0. The minimum absolute atomic E-state index is 0.0807. The van der Waals surface area contributed by atoms with Crippen LogP contribution in [0.3, 0.4) is 0 Å². The van der Waals surface area contributed by atoms with Gasteiger partial charge in [0.15, 0.2) is 5.67 Å². The van der Waals surface area contributed by atoms with Crippen molar-refractivity contribution in [3.05, 3.63) is 0 Å². The van der Waals surface area contributed by atoms with Crippen molar-refractivity contribution >= 4 is 29.5 Å². The van der Waals surface area contributed by atoms with Crippen molar-refractivity contribution in [2.45, 2.75) is 84.1 Å². The molecule has 5 N–H and O–H groups in total. The van der Waals surface area contributed by atoms with Crippen LogP contribution in [0.4, 0.5) is 4.39 Å². The van der Waals surface area contributed by atoms with E-state index in [9.17, 15) is 28.4 Å². The number of likely N-dealkylation sites (tertiary alicyclic amines) is 1. The van der Waals surface area contributed by atoms with E-state index in [0.29, 0.717) is 19.5 Å². The summed E-state index contributed by atoms with van der Waals surface area (Å²) < 4.78 is 14.4. The van der Waals surface area contributed by atoms with E-state index in [1.165, 1.54) is 4.90 Å². The fraction of sp³-hybridized carbons (Fsp3) is 0.800. The number of hydrogen-bond acceptors (Lipinski definition) is 5. The summed E-state index contributed by atoms with van der Waals surface area (Å²) >= 11 is 0. The quantitative estimate of drug-likeness (QED) is 0.365. The fourth-order valence-corrected chi connectivity index (χ4v) is 5.88. The van der Waals surface area contributed by atoms with Crippen molar-refractivity contribution in [1.29, 1.82) is 0 Å². The molecule has 2 heterocycles. The van der Waals surface area contributed by atoms with Crippen molar-refractivity contribution in [3.8, 4) is 0 Å². The van der Waals surface area contributed by atoms with Gasteiger partial charge in [-0.2, -0.15) is 0 Å². The average molecular weight is 508 g/mol. The lowest BCUT2D eigenvalue weighted by Crippen LogP contribution is -2.61. The van der Waals surface area contributed by atoms with Crippen LogP contribution in [-0.2, 0) is 24.0 Å². The topological polar surface area (TPSA) is 151 Å². The molecule has 2 aliphatic heterocycles. The number of alkyl halides is 1. The van der Waals surface area contributed by atoms with E-state index in [1.807, 2.05) is 13.8 Å². The summed E-state index contributed by atoms with van der Waals surface area (Å²) in [4.78, 5) is 65.4. The molecule has 4 fully saturated rings. The molecule has 11 heteroatoms. The van der Waals surface area contributed by atoms with Crippen molar-refractivity contribution in [2.75, 3.05) is 13.1 Å². The molecular formula is C25H38FN5O5. The summed E-state index contributed by atoms with van der Waals surface area (Å²) in [6.07, 6.45) is 0.895. The molecule has 36 heavy (non-hydrogen) atoms. The molecular weight excluding hydrogens is 469 g/mol. The first-order valence-corrected chi connectivity index (χ1v) is 12.8. The van der Waals surface area contributed by atoms with Crippen LogP contribution in [0.25, 0.3) is 0 Å². The standard InChI is InChI=1S/C25H38FN5O5/c1-23(2,3)17(30-22(36)25(26)7-8-25)21(35)31-11-13-15(24(13,4)5)16(31)20(34)29-14(18(27)32)10-12-6-9-28-19(12)33/h12-17H,6-11H2,1-5H3,(H2,27,32)(H,28,33)(H,29,34)(H,30,36)/t12-,13-,14-,15-,16-,17+/m0/s1. The van der Waals surface area contributed by atoms with Crippen molar-refractivity contribution in [2.24, 2.45) is 34.3 Å². The van der Waals surface area contributed by atoms with Gasteiger partial charge in [0.25, 0.3) is 5.91 Å². The van der Waals surface area contributed by atoms with Crippen LogP contribution >= 0.6 is 0 Å². The van der Waals surface area contributed by atoms with Crippen LogP contribution in [0.5, 0.6) is 0 Å².